The van der Waals surface area contributed by atoms with Gasteiger partial charge in [-0.25, -0.2) is 0 Å². The minimum atomic E-state index is -4.36. The fourth-order valence-electron chi connectivity index (χ4n) is 1.55. The van der Waals surface area contributed by atoms with Gasteiger partial charge in [0.25, 0.3) is 0 Å². The molecule has 0 saturated carbocycles. The summed E-state index contributed by atoms with van der Waals surface area (Å²) in [6.07, 6.45) is -4.36. The minimum absolute atomic E-state index is 0.0243. The van der Waals surface area contributed by atoms with Crippen LogP contribution in [0.3, 0.4) is 0 Å². The van der Waals surface area contributed by atoms with Crippen molar-refractivity contribution >= 4 is 5.97 Å². The maximum absolute atomic E-state index is 12.6. The Morgan fingerprint density at radius 2 is 2.05 bits per heavy atom. The molecule has 0 heterocycles. The fourth-order valence-corrected chi connectivity index (χ4v) is 1.55. The second kappa shape index (κ2) is 6.56. The largest absolute Gasteiger partial charge is 0.465 e. The van der Waals surface area contributed by atoms with E-state index >= 15 is 0 Å². The smallest absolute Gasteiger partial charge is 0.416 e. The lowest BCUT2D eigenvalue weighted by Crippen LogP contribution is -2.24. The van der Waals surface area contributed by atoms with Gasteiger partial charge < -0.3 is 10.1 Å². The molecule has 0 fully saturated rings. The van der Waals surface area contributed by atoms with Gasteiger partial charge in [-0.05, 0) is 37.1 Å². The van der Waals surface area contributed by atoms with Crippen LogP contribution < -0.4 is 5.32 Å². The summed E-state index contributed by atoms with van der Waals surface area (Å²) in [5.41, 5.74) is 0.564. The molecule has 0 radical (unpaired) electrons. The Kier molecular flexibility index (Phi) is 5.35. The normalized spacial score (nSPS) is 11.4. The zero-order valence-corrected chi connectivity index (χ0v) is 10.8. The Balaban J connectivity index is 2.65. The summed E-state index contributed by atoms with van der Waals surface area (Å²) in [6, 6.07) is 3.56. The van der Waals surface area contributed by atoms with Crippen molar-refractivity contribution in [3.05, 3.63) is 34.9 Å². The van der Waals surface area contributed by atoms with E-state index in [1.54, 1.807) is 13.8 Å². The molecule has 0 amide bonds. The molecule has 0 aromatic heterocycles. The topological polar surface area (TPSA) is 38.3 Å². The highest BCUT2D eigenvalue weighted by Crippen LogP contribution is 2.30. The number of ether oxygens (including phenoxy) is 1. The van der Waals surface area contributed by atoms with Crippen molar-refractivity contribution < 1.29 is 22.7 Å². The fraction of sp³-hybridized carbons (Fsp3) is 0.462. The molecule has 1 aromatic carbocycles. The van der Waals surface area contributed by atoms with E-state index < -0.39 is 17.7 Å². The van der Waals surface area contributed by atoms with Crippen molar-refractivity contribution in [3.63, 3.8) is 0 Å². The van der Waals surface area contributed by atoms with Gasteiger partial charge in [-0.2, -0.15) is 13.2 Å². The summed E-state index contributed by atoms with van der Waals surface area (Å²) in [4.78, 5) is 11.1. The predicted molar refractivity (Wildman–Crippen MR) is 64.5 cm³/mol. The zero-order valence-electron chi connectivity index (χ0n) is 10.8. The van der Waals surface area contributed by atoms with Crippen molar-refractivity contribution in [2.45, 2.75) is 26.6 Å². The van der Waals surface area contributed by atoms with Gasteiger partial charge in [0, 0.05) is 6.54 Å². The highest BCUT2D eigenvalue weighted by Gasteiger charge is 2.30. The first-order valence-electron chi connectivity index (χ1n) is 5.87. The Bertz CT molecular complexity index is 444. The SMILES string of the molecule is CCOC(=O)CNCc1cc(C(F)(F)F)ccc1C. The Morgan fingerprint density at radius 3 is 2.63 bits per heavy atom. The van der Waals surface area contributed by atoms with Crippen molar-refractivity contribution in [1.82, 2.24) is 5.32 Å². The number of hydrogen-bond donors (Lipinski definition) is 1. The monoisotopic (exact) mass is 275 g/mol. The molecule has 0 aliphatic rings. The quantitative estimate of drug-likeness (QED) is 0.840. The van der Waals surface area contributed by atoms with Gasteiger partial charge in [0.15, 0.2) is 0 Å². The molecule has 0 aliphatic heterocycles. The molecular weight excluding hydrogens is 259 g/mol. The number of aryl methyl sites for hydroxylation is 1. The van der Waals surface area contributed by atoms with Gasteiger partial charge in [0.05, 0.1) is 18.7 Å². The lowest BCUT2D eigenvalue weighted by atomic mass is 10.0. The van der Waals surface area contributed by atoms with E-state index in [1.165, 1.54) is 6.07 Å². The molecule has 0 aliphatic carbocycles. The van der Waals surface area contributed by atoms with E-state index in [-0.39, 0.29) is 19.7 Å². The van der Waals surface area contributed by atoms with Gasteiger partial charge in [-0.3, -0.25) is 4.79 Å². The molecule has 0 saturated heterocycles. The Labute approximate surface area is 109 Å². The summed E-state index contributed by atoms with van der Waals surface area (Å²) in [6.45, 7) is 3.86. The maximum atomic E-state index is 12.6. The van der Waals surface area contributed by atoms with E-state index in [0.717, 1.165) is 17.7 Å². The predicted octanol–water partition coefficient (Wildman–Crippen LogP) is 2.67. The Morgan fingerprint density at radius 1 is 1.37 bits per heavy atom. The van der Waals surface area contributed by atoms with Crippen molar-refractivity contribution in [2.24, 2.45) is 0 Å². The van der Waals surface area contributed by atoms with E-state index in [1.807, 2.05) is 0 Å². The highest BCUT2D eigenvalue weighted by molar-refractivity contribution is 5.71. The van der Waals surface area contributed by atoms with Crippen LogP contribution in [0.5, 0.6) is 0 Å². The summed E-state index contributed by atoms with van der Waals surface area (Å²) >= 11 is 0. The van der Waals surface area contributed by atoms with Crippen LogP contribution in [-0.2, 0) is 22.3 Å². The number of esters is 1. The molecule has 0 atom stereocenters. The first-order chi connectivity index (χ1) is 8.84. The van der Waals surface area contributed by atoms with Crippen molar-refractivity contribution in [1.29, 1.82) is 0 Å². The third-order valence-corrected chi connectivity index (χ3v) is 2.57. The number of rotatable bonds is 5. The van der Waals surface area contributed by atoms with Crippen LogP contribution in [0.15, 0.2) is 18.2 Å². The number of benzene rings is 1. The van der Waals surface area contributed by atoms with E-state index in [2.05, 4.69) is 5.32 Å². The molecule has 3 nitrogen and oxygen atoms in total. The molecule has 0 spiro atoms. The molecule has 6 heteroatoms. The molecule has 1 N–H and O–H groups in total. The van der Waals surface area contributed by atoms with Crippen LogP contribution in [0.1, 0.15) is 23.6 Å². The summed E-state index contributed by atoms with van der Waals surface area (Å²) in [7, 11) is 0. The molecule has 0 unspecified atom stereocenters. The third-order valence-electron chi connectivity index (χ3n) is 2.57. The Hall–Kier alpha value is -1.56. The molecule has 1 aromatic rings. The average molecular weight is 275 g/mol. The van der Waals surface area contributed by atoms with Crippen LogP contribution in [0, 0.1) is 6.92 Å². The average Bonchev–Trinajstić information content (AvgIpc) is 2.30. The summed E-state index contributed by atoms with van der Waals surface area (Å²) in [5, 5.41) is 2.76. The molecule has 1 rings (SSSR count). The molecule has 19 heavy (non-hydrogen) atoms. The molecule has 106 valence electrons. The molecule has 0 bridgehead atoms. The van der Waals surface area contributed by atoms with Crippen LogP contribution in [0.4, 0.5) is 13.2 Å². The van der Waals surface area contributed by atoms with Gasteiger partial charge in [-0.1, -0.05) is 6.07 Å². The number of hydrogen-bond acceptors (Lipinski definition) is 3. The van der Waals surface area contributed by atoms with E-state index in [0.29, 0.717) is 5.56 Å². The highest BCUT2D eigenvalue weighted by atomic mass is 19.4. The summed E-state index contributed by atoms with van der Waals surface area (Å²) < 4.78 is 42.4. The summed E-state index contributed by atoms with van der Waals surface area (Å²) in [5.74, 6) is -0.424. The number of carbonyl (C=O) groups excluding carboxylic acids is 1. The number of nitrogens with one attached hydrogen (secondary N) is 1. The first-order valence-corrected chi connectivity index (χ1v) is 5.87. The second-order valence-corrected chi connectivity index (χ2v) is 4.05. The van der Waals surface area contributed by atoms with Gasteiger partial charge in [0.1, 0.15) is 0 Å². The molecular formula is C13H16F3NO2. The number of carbonyl (C=O) groups is 1. The first kappa shape index (κ1) is 15.5. The van der Waals surface area contributed by atoms with Crippen LogP contribution in [-0.4, -0.2) is 19.1 Å². The number of halogens is 3. The van der Waals surface area contributed by atoms with E-state index in [4.69, 9.17) is 4.74 Å². The lowest BCUT2D eigenvalue weighted by molar-refractivity contribution is -0.142. The van der Waals surface area contributed by atoms with Crippen LogP contribution >= 0.6 is 0 Å². The van der Waals surface area contributed by atoms with Gasteiger partial charge >= 0.3 is 12.1 Å². The zero-order chi connectivity index (χ0) is 14.5. The van der Waals surface area contributed by atoms with Crippen molar-refractivity contribution in [2.75, 3.05) is 13.2 Å². The van der Waals surface area contributed by atoms with Gasteiger partial charge in [0.2, 0.25) is 0 Å². The third kappa shape index (κ3) is 4.90. The van der Waals surface area contributed by atoms with E-state index in [9.17, 15) is 18.0 Å². The van der Waals surface area contributed by atoms with Crippen molar-refractivity contribution in [3.8, 4) is 0 Å². The van der Waals surface area contributed by atoms with Crippen LogP contribution in [0.25, 0.3) is 0 Å². The second-order valence-electron chi connectivity index (χ2n) is 4.05. The lowest BCUT2D eigenvalue weighted by Gasteiger charge is -2.12. The minimum Gasteiger partial charge on any atom is -0.465 e. The number of alkyl halides is 3. The van der Waals surface area contributed by atoms with Gasteiger partial charge in [-0.15, -0.1) is 0 Å². The van der Waals surface area contributed by atoms with Crippen LogP contribution in [0.2, 0.25) is 0 Å². The standard InChI is InChI=1S/C13H16F3NO2/c1-3-19-12(18)8-17-7-10-6-11(13(14,15)16)5-4-9(10)2/h4-6,17H,3,7-8H2,1-2H3. The maximum Gasteiger partial charge on any atom is 0.416 e.